The summed E-state index contributed by atoms with van der Waals surface area (Å²) in [5.41, 5.74) is 0. The largest absolute Gasteiger partial charge is 0.315 e. The van der Waals surface area contributed by atoms with Crippen LogP contribution >= 0.6 is 11.8 Å². The van der Waals surface area contributed by atoms with Crippen molar-refractivity contribution in [3.63, 3.8) is 0 Å². The van der Waals surface area contributed by atoms with Crippen LogP contribution in [0.15, 0.2) is 23.6 Å². The Morgan fingerprint density at radius 3 is 2.88 bits per heavy atom. The van der Waals surface area contributed by atoms with E-state index in [4.69, 9.17) is 0 Å². The highest BCUT2D eigenvalue weighted by molar-refractivity contribution is 7.98. The molecule has 0 unspecified atom stereocenters. The lowest BCUT2D eigenvalue weighted by Crippen LogP contribution is -2.04. The van der Waals surface area contributed by atoms with Crippen LogP contribution in [0.2, 0.25) is 0 Å². The van der Waals surface area contributed by atoms with Crippen molar-refractivity contribution in [3.8, 4) is 0 Å². The van der Waals surface area contributed by atoms with Gasteiger partial charge in [0.05, 0.1) is 11.9 Å². The number of aryl methyl sites for hydroxylation is 1. The fraction of sp³-hybridized carbons (Fsp3) is 0.455. The molecule has 0 aliphatic carbocycles. The lowest BCUT2D eigenvalue weighted by atomic mass is 10.4. The van der Waals surface area contributed by atoms with Crippen molar-refractivity contribution in [1.29, 1.82) is 0 Å². The second-order valence-electron chi connectivity index (χ2n) is 3.65. The second-order valence-corrected chi connectivity index (χ2v) is 4.64. The number of rotatable bonds is 5. The van der Waals surface area contributed by atoms with Crippen molar-refractivity contribution in [2.24, 2.45) is 0 Å². The highest BCUT2D eigenvalue weighted by Gasteiger charge is 2.08. The van der Waals surface area contributed by atoms with Crippen molar-refractivity contribution < 1.29 is 0 Å². The molecule has 0 saturated carbocycles. The maximum Gasteiger partial charge on any atom is 0.143 e. The fourth-order valence-electron chi connectivity index (χ4n) is 1.54. The molecule has 0 bridgehead atoms. The van der Waals surface area contributed by atoms with E-state index in [2.05, 4.69) is 31.7 Å². The molecule has 0 saturated heterocycles. The predicted molar refractivity (Wildman–Crippen MR) is 66.6 cm³/mol. The Morgan fingerprint density at radius 2 is 2.18 bits per heavy atom. The molecule has 0 radical (unpaired) electrons. The standard InChI is InChI=1S/C11H15N5S/c1-3-6-16-9(2)14-15-10(16)8-17-11-7-12-4-5-13-11/h4-5,7H,3,6,8H2,1-2H3. The summed E-state index contributed by atoms with van der Waals surface area (Å²) in [6.07, 6.45) is 6.22. The van der Waals surface area contributed by atoms with Crippen molar-refractivity contribution >= 4 is 11.8 Å². The Bertz CT molecular complexity index is 468. The summed E-state index contributed by atoms with van der Waals surface area (Å²) in [5.74, 6) is 2.75. The Hall–Kier alpha value is -1.43. The third-order valence-electron chi connectivity index (χ3n) is 2.35. The highest BCUT2D eigenvalue weighted by atomic mass is 32.2. The molecule has 0 N–H and O–H groups in total. The van der Waals surface area contributed by atoms with Gasteiger partial charge in [-0.1, -0.05) is 18.7 Å². The number of hydrogen-bond donors (Lipinski definition) is 0. The van der Waals surface area contributed by atoms with Crippen molar-refractivity contribution in [1.82, 2.24) is 24.7 Å². The first-order valence-corrected chi connectivity index (χ1v) is 6.57. The third-order valence-corrected chi connectivity index (χ3v) is 3.26. The number of nitrogens with zero attached hydrogens (tertiary/aromatic N) is 5. The molecule has 6 heteroatoms. The van der Waals surface area contributed by atoms with Gasteiger partial charge in [-0.05, 0) is 13.3 Å². The molecule has 2 heterocycles. The van der Waals surface area contributed by atoms with Crippen LogP contribution in [-0.4, -0.2) is 24.7 Å². The fourth-order valence-corrected chi connectivity index (χ4v) is 2.31. The molecule has 2 aromatic rings. The molecule has 0 aliphatic rings. The predicted octanol–water partition coefficient (Wildman–Crippen LogP) is 2.08. The molecule has 0 atom stereocenters. The van der Waals surface area contributed by atoms with Crippen molar-refractivity contribution in [3.05, 3.63) is 30.2 Å². The molecule has 5 nitrogen and oxygen atoms in total. The summed E-state index contributed by atoms with van der Waals surface area (Å²) < 4.78 is 2.16. The van der Waals surface area contributed by atoms with Gasteiger partial charge in [-0.2, -0.15) is 0 Å². The maximum atomic E-state index is 4.22. The quantitative estimate of drug-likeness (QED) is 0.759. The molecule has 90 valence electrons. The minimum atomic E-state index is 0.777. The topological polar surface area (TPSA) is 56.5 Å². The zero-order valence-electron chi connectivity index (χ0n) is 10.00. The van der Waals surface area contributed by atoms with Gasteiger partial charge in [0.15, 0.2) is 0 Å². The first-order chi connectivity index (χ1) is 8.31. The average molecular weight is 249 g/mol. The van der Waals surface area contributed by atoms with E-state index in [1.54, 1.807) is 30.4 Å². The SMILES string of the molecule is CCCn1c(C)nnc1CSc1cnccn1. The summed E-state index contributed by atoms with van der Waals surface area (Å²) in [6, 6.07) is 0. The van der Waals surface area contributed by atoms with E-state index in [1.165, 1.54) is 0 Å². The second kappa shape index (κ2) is 5.77. The summed E-state index contributed by atoms with van der Waals surface area (Å²) in [6.45, 7) is 5.10. The Balaban J connectivity index is 2.04. The van der Waals surface area contributed by atoms with Crippen LogP contribution in [0.1, 0.15) is 25.0 Å². The number of thioether (sulfide) groups is 1. The number of aromatic nitrogens is 5. The third kappa shape index (κ3) is 3.03. The van der Waals surface area contributed by atoms with E-state index in [1.807, 2.05) is 6.92 Å². The minimum absolute atomic E-state index is 0.777. The molecule has 0 amide bonds. The van der Waals surface area contributed by atoms with Crippen LogP contribution in [0.25, 0.3) is 0 Å². The van der Waals surface area contributed by atoms with Crippen LogP contribution in [0.3, 0.4) is 0 Å². The van der Waals surface area contributed by atoms with Crippen LogP contribution in [0, 0.1) is 6.92 Å². The van der Waals surface area contributed by atoms with Gasteiger partial charge in [-0.25, -0.2) is 4.98 Å². The van der Waals surface area contributed by atoms with Gasteiger partial charge in [0.1, 0.15) is 16.7 Å². The van der Waals surface area contributed by atoms with Gasteiger partial charge in [-0.3, -0.25) is 4.98 Å². The lowest BCUT2D eigenvalue weighted by Gasteiger charge is -2.06. The molecule has 17 heavy (non-hydrogen) atoms. The molecular weight excluding hydrogens is 234 g/mol. The number of hydrogen-bond acceptors (Lipinski definition) is 5. The van der Waals surface area contributed by atoms with Gasteiger partial charge < -0.3 is 4.57 Å². The monoisotopic (exact) mass is 249 g/mol. The molecule has 2 aromatic heterocycles. The molecule has 0 fully saturated rings. The van der Waals surface area contributed by atoms with E-state index in [0.29, 0.717) is 0 Å². The van der Waals surface area contributed by atoms with Gasteiger partial charge >= 0.3 is 0 Å². The normalized spacial score (nSPS) is 10.7. The van der Waals surface area contributed by atoms with Crippen LogP contribution < -0.4 is 0 Å². The van der Waals surface area contributed by atoms with Gasteiger partial charge in [0, 0.05) is 18.9 Å². The zero-order valence-corrected chi connectivity index (χ0v) is 10.8. The van der Waals surface area contributed by atoms with E-state index in [0.717, 1.165) is 35.4 Å². The Morgan fingerprint density at radius 1 is 1.29 bits per heavy atom. The van der Waals surface area contributed by atoms with Crippen LogP contribution in [0.5, 0.6) is 0 Å². The Kier molecular flexibility index (Phi) is 4.08. The zero-order chi connectivity index (χ0) is 12.1. The molecular formula is C11H15N5S. The Labute approximate surface area is 105 Å². The first kappa shape index (κ1) is 12.0. The van der Waals surface area contributed by atoms with E-state index >= 15 is 0 Å². The summed E-state index contributed by atoms with van der Waals surface area (Å²) in [7, 11) is 0. The smallest absolute Gasteiger partial charge is 0.143 e. The summed E-state index contributed by atoms with van der Waals surface area (Å²) in [4.78, 5) is 8.25. The summed E-state index contributed by atoms with van der Waals surface area (Å²) >= 11 is 1.63. The van der Waals surface area contributed by atoms with Crippen molar-refractivity contribution in [2.45, 2.75) is 37.6 Å². The van der Waals surface area contributed by atoms with Crippen molar-refractivity contribution in [2.75, 3.05) is 0 Å². The van der Waals surface area contributed by atoms with Gasteiger partial charge in [0.25, 0.3) is 0 Å². The van der Waals surface area contributed by atoms with E-state index in [9.17, 15) is 0 Å². The van der Waals surface area contributed by atoms with E-state index < -0.39 is 0 Å². The highest BCUT2D eigenvalue weighted by Crippen LogP contribution is 2.19. The van der Waals surface area contributed by atoms with Crippen LogP contribution in [0.4, 0.5) is 0 Å². The maximum absolute atomic E-state index is 4.22. The van der Waals surface area contributed by atoms with Gasteiger partial charge in [-0.15, -0.1) is 10.2 Å². The van der Waals surface area contributed by atoms with E-state index in [-0.39, 0.29) is 0 Å². The van der Waals surface area contributed by atoms with Crippen LogP contribution in [-0.2, 0) is 12.3 Å². The molecule has 0 aromatic carbocycles. The molecule has 2 rings (SSSR count). The minimum Gasteiger partial charge on any atom is -0.315 e. The van der Waals surface area contributed by atoms with Gasteiger partial charge in [0.2, 0.25) is 0 Å². The first-order valence-electron chi connectivity index (χ1n) is 5.58. The average Bonchev–Trinajstić information content (AvgIpc) is 2.70. The molecule has 0 spiro atoms. The summed E-state index contributed by atoms with van der Waals surface area (Å²) in [5, 5.41) is 9.22. The molecule has 0 aliphatic heterocycles. The lowest BCUT2D eigenvalue weighted by molar-refractivity contribution is 0.637.